The van der Waals surface area contributed by atoms with Crippen LogP contribution in [0.1, 0.15) is 0 Å². The van der Waals surface area contributed by atoms with Gasteiger partial charge < -0.3 is 14.8 Å². The van der Waals surface area contributed by atoms with E-state index in [9.17, 15) is 14.4 Å². The zero-order valence-corrected chi connectivity index (χ0v) is 13.0. The summed E-state index contributed by atoms with van der Waals surface area (Å²) >= 11 is 0. The number of nitrogens with one attached hydrogen (secondary N) is 1. The lowest BCUT2D eigenvalue weighted by Crippen LogP contribution is -2.52. The molecule has 0 aromatic carbocycles. The number of imide groups is 1. The fraction of sp³-hybridized carbons (Fsp3) is 0.533. The molecule has 2 fully saturated rings. The van der Waals surface area contributed by atoms with Crippen LogP contribution in [0.25, 0.3) is 0 Å². The third kappa shape index (κ3) is 3.70. The number of urea groups is 1. The summed E-state index contributed by atoms with van der Waals surface area (Å²) in [4.78, 5) is 40.2. The van der Waals surface area contributed by atoms with Gasteiger partial charge in [0.25, 0.3) is 5.91 Å². The summed E-state index contributed by atoms with van der Waals surface area (Å²) in [5.74, 6) is -0.505. The molecule has 2 aliphatic rings. The number of hydrogen-bond acceptors (Lipinski definition) is 4. The van der Waals surface area contributed by atoms with Crippen molar-refractivity contribution in [3.63, 3.8) is 0 Å². The van der Waals surface area contributed by atoms with Gasteiger partial charge in [0.2, 0.25) is 5.91 Å². The molecule has 124 valence electrons. The highest BCUT2D eigenvalue weighted by Crippen LogP contribution is 2.06. The highest BCUT2D eigenvalue weighted by molar-refractivity contribution is 6.04. The average molecular weight is 319 g/mol. The summed E-state index contributed by atoms with van der Waals surface area (Å²) in [6, 6.07) is 3.53. The Hall–Kier alpha value is -2.35. The van der Waals surface area contributed by atoms with Gasteiger partial charge in [-0.1, -0.05) is 0 Å². The number of carbonyl (C=O) groups excluding carboxylic acids is 3. The lowest BCUT2D eigenvalue weighted by atomic mass is 10.3. The van der Waals surface area contributed by atoms with Crippen LogP contribution < -0.4 is 5.32 Å². The van der Waals surface area contributed by atoms with Crippen molar-refractivity contribution >= 4 is 17.8 Å². The summed E-state index contributed by atoms with van der Waals surface area (Å²) < 4.78 is 2.13. The van der Waals surface area contributed by atoms with Crippen LogP contribution in [0.4, 0.5) is 4.79 Å². The standard InChI is InChI=1S/C15H21N5O3/c21-13-11-16-15(23)20(13)12-14(22)19-9-7-18(8-10-19)6-5-17-3-1-2-4-17/h1-4H,5-12H2,(H,16,23). The van der Waals surface area contributed by atoms with Gasteiger partial charge in [0, 0.05) is 51.7 Å². The van der Waals surface area contributed by atoms with Crippen molar-refractivity contribution in [2.24, 2.45) is 0 Å². The first-order valence-electron chi connectivity index (χ1n) is 7.82. The first-order valence-corrected chi connectivity index (χ1v) is 7.82. The van der Waals surface area contributed by atoms with Gasteiger partial charge in [0.15, 0.2) is 0 Å². The van der Waals surface area contributed by atoms with Crippen molar-refractivity contribution in [3.8, 4) is 0 Å². The first-order chi connectivity index (χ1) is 11.1. The van der Waals surface area contributed by atoms with Crippen molar-refractivity contribution in [1.29, 1.82) is 0 Å². The molecule has 0 atom stereocenters. The van der Waals surface area contributed by atoms with Crippen LogP contribution in [0.2, 0.25) is 0 Å². The molecule has 0 saturated carbocycles. The lowest BCUT2D eigenvalue weighted by Gasteiger charge is -2.35. The van der Waals surface area contributed by atoms with Gasteiger partial charge in [-0.3, -0.25) is 19.4 Å². The van der Waals surface area contributed by atoms with E-state index in [1.54, 1.807) is 4.90 Å². The SMILES string of the molecule is O=C(CN1C(=O)CNC1=O)N1CCN(CCn2cccc2)CC1. The van der Waals surface area contributed by atoms with Gasteiger partial charge in [-0.25, -0.2) is 4.79 Å². The Labute approximate surface area is 134 Å². The second-order valence-electron chi connectivity index (χ2n) is 5.78. The van der Waals surface area contributed by atoms with Crippen LogP contribution in [-0.2, 0) is 16.1 Å². The van der Waals surface area contributed by atoms with Crippen LogP contribution in [0.3, 0.4) is 0 Å². The normalized spacial score (nSPS) is 19.3. The van der Waals surface area contributed by atoms with E-state index < -0.39 is 6.03 Å². The average Bonchev–Trinajstić information content (AvgIpc) is 3.18. The van der Waals surface area contributed by atoms with Crippen LogP contribution >= 0.6 is 0 Å². The minimum absolute atomic E-state index is 0.0146. The fourth-order valence-electron chi connectivity index (χ4n) is 2.85. The minimum Gasteiger partial charge on any atom is -0.353 e. The summed E-state index contributed by atoms with van der Waals surface area (Å²) in [5.41, 5.74) is 0. The van der Waals surface area contributed by atoms with E-state index >= 15 is 0 Å². The maximum absolute atomic E-state index is 12.2. The van der Waals surface area contributed by atoms with Gasteiger partial charge in [0.05, 0.1) is 6.54 Å². The molecule has 0 aliphatic carbocycles. The molecule has 8 nitrogen and oxygen atoms in total. The van der Waals surface area contributed by atoms with Crippen LogP contribution in [0, 0.1) is 0 Å². The molecule has 0 radical (unpaired) electrons. The number of aromatic nitrogens is 1. The van der Waals surface area contributed by atoms with E-state index in [0.29, 0.717) is 13.1 Å². The molecule has 1 aromatic rings. The third-order valence-corrected chi connectivity index (χ3v) is 4.30. The maximum Gasteiger partial charge on any atom is 0.325 e. The topological polar surface area (TPSA) is 77.9 Å². The van der Waals surface area contributed by atoms with Crippen LogP contribution in [0.15, 0.2) is 24.5 Å². The number of amides is 4. The maximum atomic E-state index is 12.2. The molecule has 1 aromatic heterocycles. The van der Waals surface area contributed by atoms with Gasteiger partial charge in [-0.2, -0.15) is 0 Å². The Balaban J connectivity index is 1.42. The third-order valence-electron chi connectivity index (χ3n) is 4.30. The molecule has 3 rings (SSSR count). The van der Waals surface area contributed by atoms with E-state index in [0.717, 1.165) is 31.1 Å². The predicted octanol–water partition coefficient (Wildman–Crippen LogP) is -0.816. The summed E-state index contributed by atoms with van der Waals surface area (Å²) in [5, 5.41) is 2.42. The Bertz CT molecular complexity index is 562. The van der Waals surface area contributed by atoms with E-state index in [1.807, 2.05) is 24.5 Å². The zero-order valence-electron chi connectivity index (χ0n) is 13.0. The Morgan fingerprint density at radius 2 is 1.74 bits per heavy atom. The first kappa shape index (κ1) is 15.5. The molecule has 0 bridgehead atoms. The van der Waals surface area contributed by atoms with Crippen molar-refractivity contribution in [2.45, 2.75) is 6.54 Å². The summed E-state index contributed by atoms with van der Waals surface area (Å²) in [6.45, 7) is 4.60. The molecular weight excluding hydrogens is 298 g/mol. The lowest BCUT2D eigenvalue weighted by molar-refractivity contribution is -0.137. The van der Waals surface area contributed by atoms with Crippen LogP contribution in [0.5, 0.6) is 0 Å². The minimum atomic E-state index is -0.478. The second kappa shape index (κ2) is 6.82. The van der Waals surface area contributed by atoms with E-state index in [4.69, 9.17) is 0 Å². The molecule has 1 N–H and O–H groups in total. The number of piperazine rings is 1. The Kier molecular flexibility index (Phi) is 4.61. The molecule has 2 saturated heterocycles. The Morgan fingerprint density at radius 1 is 1.04 bits per heavy atom. The van der Waals surface area contributed by atoms with E-state index in [1.165, 1.54) is 0 Å². The second-order valence-corrected chi connectivity index (χ2v) is 5.78. The Morgan fingerprint density at radius 3 is 2.35 bits per heavy atom. The van der Waals surface area contributed by atoms with Gasteiger partial charge in [-0.05, 0) is 12.1 Å². The van der Waals surface area contributed by atoms with Crippen molar-refractivity contribution < 1.29 is 14.4 Å². The molecule has 0 spiro atoms. The summed E-state index contributed by atoms with van der Waals surface area (Å²) in [7, 11) is 0. The molecule has 0 unspecified atom stereocenters. The molecule has 4 amide bonds. The zero-order chi connectivity index (χ0) is 16.2. The van der Waals surface area contributed by atoms with Gasteiger partial charge >= 0.3 is 6.03 Å². The van der Waals surface area contributed by atoms with Crippen molar-refractivity contribution in [1.82, 2.24) is 24.6 Å². The predicted molar refractivity (Wildman–Crippen MR) is 82.6 cm³/mol. The van der Waals surface area contributed by atoms with Crippen molar-refractivity contribution in [2.75, 3.05) is 45.8 Å². The summed E-state index contributed by atoms with van der Waals surface area (Å²) in [6.07, 6.45) is 4.08. The largest absolute Gasteiger partial charge is 0.353 e. The number of carbonyl (C=O) groups is 3. The van der Waals surface area contributed by atoms with E-state index in [-0.39, 0.29) is 24.9 Å². The highest BCUT2D eigenvalue weighted by Gasteiger charge is 2.32. The monoisotopic (exact) mass is 319 g/mol. The van der Waals surface area contributed by atoms with Gasteiger partial charge in [0.1, 0.15) is 6.54 Å². The quantitative estimate of drug-likeness (QED) is 0.720. The smallest absolute Gasteiger partial charge is 0.325 e. The number of hydrogen-bond donors (Lipinski definition) is 1. The fourth-order valence-corrected chi connectivity index (χ4v) is 2.85. The number of rotatable bonds is 5. The highest BCUT2D eigenvalue weighted by atomic mass is 16.2. The molecular formula is C15H21N5O3. The molecule has 23 heavy (non-hydrogen) atoms. The van der Waals surface area contributed by atoms with Crippen LogP contribution in [-0.4, -0.2) is 82.9 Å². The molecule has 8 heteroatoms. The van der Waals surface area contributed by atoms with Crippen molar-refractivity contribution in [3.05, 3.63) is 24.5 Å². The van der Waals surface area contributed by atoms with Gasteiger partial charge in [-0.15, -0.1) is 0 Å². The molecule has 3 heterocycles. The number of nitrogens with zero attached hydrogens (tertiary/aromatic N) is 4. The molecule has 2 aliphatic heterocycles. The van der Waals surface area contributed by atoms with E-state index in [2.05, 4.69) is 14.8 Å².